The van der Waals surface area contributed by atoms with Crippen LogP contribution in [0.2, 0.25) is 0 Å². The third kappa shape index (κ3) is 5.89. The average molecular weight is 418 g/mol. The van der Waals surface area contributed by atoms with E-state index in [1.54, 1.807) is 50.6 Å². The molecular weight excluding hydrogens is 392 g/mol. The summed E-state index contributed by atoms with van der Waals surface area (Å²) < 4.78 is 22.3. The maximum absolute atomic E-state index is 12.5. The number of para-hydroxylation sites is 2. The second-order valence-electron chi connectivity index (χ2n) is 6.67. The van der Waals surface area contributed by atoms with Gasteiger partial charge in [-0.15, -0.1) is 0 Å². The smallest absolute Gasteiger partial charge is 0.185 e. The summed E-state index contributed by atoms with van der Waals surface area (Å²) in [5.74, 6) is 2.63. The molecule has 0 amide bonds. The Kier molecular flexibility index (Phi) is 7.71. The lowest BCUT2D eigenvalue weighted by Gasteiger charge is -2.14. The number of carbonyl (C=O) groups is 1. The van der Waals surface area contributed by atoms with Gasteiger partial charge in [0.2, 0.25) is 0 Å². The normalized spacial score (nSPS) is 10.7. The predicted octanol–water partition coefficient (Wildman–Crippen LogP) is 5.58. The molecule has 5 heteroatoms. The molecular formula is C26H26O5. The minimum Gasteiger partial charge on any atom is -0.497 e. The van der Waals surface area contributed by atoms with Crippen molar-refractivity contribution in [1.29, 1.82) is 0 Å². The van der Waals surface area contributed by atoms with Gasteiger partial charge in [-0.25, -0.2) is 0 Å². The largest absolute Gasteiger partial charge is 0.497 e. The van der Waals surface area contributed by atoms with Gasteiger partial charge in [-0.1, -0.05) is 36.4 Å². The molecule has 0 saturated carbocycles. The van der Waals surface area contributed by atoms with Crippen molar-refractivity contribution in [1.82, 2.24) is 0 Å². The van der Waals surface area contributed by atoms with Crippen LogP contribution in [0.5, 0.6) is 23.0 Å². The lowest BCUT2D eigenvalue weighted by Crippen LogP contribution is -2.01. The van der Waals surface area contributed by atoms with Gasteiger partial charge >= 0.3 is 0 Å². The Bertz CT molecular complexity index is 1060. The maximum Gasteiger partial charge on any atom is 0.185 e. The molecule has 0 aliphatic carbocycles. The number of hydrogen-bond acceptors (Lipinski definition) is 5. The summed E-state index contributed by atoms with van der Waals surface area (Å²) in [6.07, 6.45) is 3.32. The van der Waals surface area contributed by atoms with Gasteiger partial charge in [0.15, 0.2) is 17.3 Å². The molecule has 0 unspecified atom stereocenters. The van der Waals surface area contributed by atoms with E-state index in [0.717, 1.165) is 11.1 Å². The van der Waals surface area contributed by atoms with Gasteiger partial charge < -0.3 is 18.9 Å². The average Bonchev–Trinajstić information content (AvgIpc) is 2.82. The standard InChI is InChI=1S/C26H26O5/c1-4-30-25-10-5-6-11-26(25)31-18-21-16-19(13-15-24(21)29-3)12-14-23(27)20-8-7-9-22(17-20)28-2/h5-17H,4,18H2,1-3H3/b14-12+. The number of hydrogen-bond donors (Lipinski definition) is 0. The van der Waals surface area contributed by atoms with E-state index in [-0.39, 0.29) is 5.78 Å². The van der Waals surface area contributed by atoms with Crippen molar-refractivity contribution in [3.8, 4) is 23.0 Å². The van der Waals surface area contributed by atoms with Crippen LogP contribution in [0, 0.1) is 0 Å². The molecule has 0 radical (unpaired) electrons. The number of carbonyl (C=O) groups excluding carboxylic acids is 1. The van der Waals surface area contributed by atoms with E-state index in [9.17, 15) is 4.79 Å². The third-order valence-corrected chi connectivity index (χ3v) is 4.62. The van der Waals surface area contributed by atoms with E-state index in [1.165, 1.54) is 0 Å². The first-order valence-corrected chi connectivity index (χ1v) is 10.0. The van der Waals surface area contributed by atoms with E-state index in [1.807, 2.05) is 49.4 Å². The van der Waals surface area contributed by atoms with Crippen LogP contribution in [0.1, 0.15) is 28.4 Å². The van der Waals surface area contributed by atoms with E-state index in [4.69, 9.17) is 18.9 Å². The molecule has 0 bridgehead atoms. The van der Waals surface area contributed by atoms with Crippen molar-refractivity contribution in [2.75, 3.05) is 20.8 Å². The number of allylic oxidation sites excluding steroid dienone is 1. The lowest BCUT2D eigenvalue weighted by molar-refractivity contribution is 0.104. The fraction of sp³-hybridized carbons (Fsp3) is 0.192. The van der Waals surface area contributed by atoms with Crippen LogP contribution in [0.25, 0.3) is 6.08 Å². The van der Waals surface area contributed by atoms with Crippen LogP contribution in [-0.4, -0.2) is 26.6 Å². The fourth-order valence-corrected chi connectivity index (χ4v) is 3.06. The Morgan fingerprint density at radius 1 is 0.839 bits per heavy atom. The zero-order valence-electron chi connectivity index (χ0n) is 18.0. The molecule has 0 atom stereocenters. The Morgan fingerprint density at radius 2 is 1.61 bits per heavy atom. The van der Waals surface area contributed by atoms with Crippen LogP contribution >= 0.6 is 0 Å². The molecule has 0 fully saturated rings. The fourth-order valence-electron chi connectivity index (χ4n) is 3.06. The predicted molar refractivity (Wildman–Crippen MR) is 121 cm³/mol. The van der Waals surface area contributed by atoms with Crippen molar-refractivity contribution in [2.45, 2.75) is 13.5 Å². The molecule has 3 aromatic carbocycles. The van der Waals surface area contributed by atoms with E-state index in [0.29, 0.717) is 41.8 Å². The van der Waals surface area contributed by atoms with Gasteiger partial charge in [-0.05, 0) is 55.0 Å². The molecule has 0 aliphatic heterocycles. The van der Waals surface area contributed by atoms with Crippen molar-refractivity contribution in [3.63, 3.8) is 0 Å². The summed E-state index contributed by atoms with van der Waals surface area (Å²) in [4.78, 5) is 12.5. The third-order valence-electron chi connectivity index (χ3n) is 4.62. The van der Waals surface area contributed by atoms with Gasteiger partial charge in [0.1, 0.15) is 18.1 Å². The summed E-state index contributed by atoms with van der Waals surface area (Å²) in [6, 6.07) is 20.3. The monoisotopic (exact) mass is 418 g/mol. The molecule has 0 saturated heterocycles. The summed E-state index contributed by atoms with van der Waals surface area (Å²) in [6.45, 7) is 2.80. The Morgan fingerprint density at radius 3 is 2.32 bits per heavy atom. The summed E-state index contributed by atoms with van der Waals surface area (Å²) in [7, 11) is 3.20. The highest BCUT2D eigenvalue weighted by atomic mass is 16.5. The lowest BCUT2D eigenvalue weighted by atomic mass is 10.1. The van der Waals surface area contributed by atoms with Gasteiger partial charge in [0.25, 0.3) is 0 Å². The molecule has 5 nitrogen and oxygen atoms in total. The molecule has 0 aliphatic rings. The molecule has 160 valence electrons. The Hall–Kier alpha value is -3.73. The van der Waals surface area contributed by atoms with Crippen LogP contribution in [0.15, 0.2) is 72.8 Å². The second kappa shape index (κ2) is 10.9. The number of ketones is 1. The second-order valence-corrected chi connectivity index (χ2v) is 6.67. The maximum atomic E-state index is 12.5. The first-order valence-electron chi connectivity index (χ1n) is 10.0. The number of methoxy groups -OCH3 is 2. The minimum absolute atomic E-state index is 0.0989. The first-order chi connectivity index (χ1) is 15.1. The molecule has 0 N–H and O–H groups in total. The van der Waals surface area contributed by atoms with Crippen LogP contribution < -0.4 is 18.9 Å². The first kappa shape index (κ1) is 22.0. The molecule has 0 spiro atoms. The highest BCUT2D eigenvalue weighted by Gasteiger charge is 2.09. The van der Waals surface area contributed by atoms with E-state index in [2.05, 4.69) is 0 Å². The van der Waals surface area contributed by atoms with Crippen LogP contribution in [0.4, 0.5) is 0 Å². The summed E-state index contributed by atoms with van der Waals surface area (Å²) in [5.41, 5.74) is 2.30. The zero-order chi connectivity index (χ0) is 22.1. The highest BCUT2D eigenvalue weighted by Crippen LogP contribution is 2.29. The number of ether oxygens (including phenoxy) is 4. The zero-order valence-corrected chi connectivity index (χ0v) is 18.0. The van der Waals surface area contributed by atoms with Crippen molar-refractivity contribution >= 4 is 11.9 Å². The molecule has 3 aromatic rings. The molecule has 0 heterocycles. The molecule has 31 heavy (non-hydrogen) atoms. The quantitative estimate of drug-likeness (QED) is 0.318. The van der Waals surface area contributed by atoms with Crippen LogP contribution in [0.3, 0.4) is 0 Å². The summed E-state index contributed by atoms with van der Waals surface area (Å²) >= 11 is 0. The Labute approximate surface area is 182 Å². The van der Waals surface area contributed by atoms with Gasteiger partial charge in [0.05, 0.1) is 20.8 Å². The Balaban J connectivity index is 1.76. The van der Waals surface area contributed by atoms with E-state index >= 15 is 0 Å². The summed E-state index contributed by atoms with van der Waals surface area (Å²) in [5, 5.41) is 0. The minimum atomic E-state index is -0.0989. The number of benzene rings is 3. The van der Waals surface area contributed by atoms with E-state index < -0.39 is 0 Å². The van der Waals surface area contributed by atoms with Gasteiger partial charge in [-0.2, -0.15) is 0 Å². The molecule has 0 aromatic heterocycles. The topological polar surface area (TPSA) is 54.0 Å². The van der Waals surface area contributed by atoms with Gasteiger partial charge in [-0.3, -0.25) is 4.79 Å². The van der Waals surface area contributed by atoms with Crippen molar-refractivity contribution in [3.05, 3.63) is 89.5 Å². The highest BCUT2D eigenvalue weighted by molar-refractivity contribution is 6.07. The molecule has 3 rings (SSSR count). The number of rotatable bonds is 10. The SMILES string of the molecule is CCOc1ccccc1OCc1cc(/C=C/C(=O)c2cccc(OC)c2)ccc1OC. The van der Waals surface area contributed by atoms with Crippen molar-refractivity contribution in [2.24, 2.45) is 0 Å². The van der Waals surface area contributed by atoms with Crippen LogP contribution in [-0.2, 0) is 6.61 Å². The van der Waals surface area contributed by atoms with Crippen molar-refractivity contribution < 1.29 is 23.7 Å². The van der Waals surface area contributed by atoms with Gasteiger partial charge in [0, 0.05) is 11.1 Å².